The van der Waals surface area contributed by atoms with Gasteiger partial charge < -0.3 is 9.88 Å². The van der Waals surface area contributed by atoms with Crippen LogP contribution >= 0.6 is 0 Å². The van der Waals surface area contributed by atoms with Crippen molar-refractivity contribution in [1.82, 2.24) is 14.9 Å². The third kappa shape index (κ3) is 3.02. The summed E-state index contributed by atoms with van der Waals surface area (Å²) in [6.45, 7) is 3.95. The van der Waals surface area contributed by atoms with E-state index in [0.717, 1.165) is 12.1 Å². The molecule has 0 radical (unpaired) electrons. The average molecular weight is 325 g/mol. The predicted molar refractivity (Wildman–Crippen MR) is 93.3 cm³/mol. The first-order valence-electron chi connectivity index (χ1n) is 8.02. The summed E-state index contributed by atoms with van der Waals surface area (Å²) in [5.41, 5.74) is 2.63. The highest BCUT2D eigenvalue weighted by Crippen LogP contribution is 2.25. The second-order valence-electron chi connectivity index (χ2n) is 6.00. The Labute approximate surface area is 140 Å². The van der Waals surface area contributed by atoms with Crippen LogP contribution in [0, 0.1) is 5.82 Å². The molecule has 24 heavy (non-hydrogen) atoms. The first kappa shape index (κ1) is 16.2. The van der Waals surface area contributed by atoms with Gasteiger partial charge in [0.25, 0.3) is 5.91 Å². The first-order valence-corrected chi connectivity index (χ1v) is 8.02. The average Bonchev–Trinajstić information content (AvgIpc) is 2.99. The SMILES string of the molecule is CCC(C)NC(=O)c1cc(-c2cccn2C)nc2ccc(F)cc12. The van der Waals surface area contributed by atoms with Gasteiger partial charge in [0.1, 0.15) is 5.82 Å². The molecule has 1 amide bonds. The molecule has 2 heterocycles. The van der Waals surface area contributed by atoms with Crippen molar-refractivity contribution in [2.75, 3.05) is 0 Å². The van der Waals surface area contributed by atoms with Crippen LogP contribution < -0.4 is 5.32 Å². The number of nitrogens with one attached hydrogen (secondary N) is 1. The number of amides is 1. The Bertz CT molecular complexity index is 901. The minimum atomic E-state index is -0.381. The quantitative estimate of drug-likeness (QED) is 0.790. The molecule has 1 N–H and O–H groups in total. The van der Waals surface area contributed by atoms with Crippen LogP contribution in [0.2, 0.25) is 0 Å². The lowest BCUT2D eigenvalue weighted by molar-refractivity contribution is 0.0941. The Morgan fingerprint density at radius 2 is 2.12 bits per heavy atom. The standard InChI is InChI=1S/C19H20FN3O/c1-4-12(2)21-19(24)15-11-17(18-6-5-9-23(18)3)22-16-8-7-13(20)10-14(15)16/h5-12H,4H2,1-3H3,(H,21,24). The molecule has 0 spiro atoms. The van der Waals surface area contributed by atoms with Crippen molar-refractivity contribution in [2.45, 2.75) is 26.3 Å². The molecular weight excluding hydrogens is 305 g/mol. The molecule has 1 aromatic carbocycles. The number of carbonyl (C=O) groups is 1. The third-order valence-corrected chi connectivity index (χ3v) is 4.21. The van der Waals surface area contributed by atoms with Crippen molar-refractivity contribution in [2.24, 2.45) is 7.05 Å². The summed E-state index contributed by atoms with van der Waals surface area (Å²) >= 11 is 0. The molecule has 0 bridgehead atoms. The van der Waals surface area contributed by atoms with Crippen molar-refractivity contribution < 1.29 is 9.18 Å². The van der Waals surface area contributed by atoms with Gasteiger partial charge in [-0.15, -0.1) is 0 Å². The summed E-state index contributed by atoms with van der Waals surface area (Å²) in [5.74, 6) is -0.591. The van der Waals surface area contributed by atoms with E-state index in [0.29, 0.717) is 22.2 Å². The normalized spacial score (nSPS) is 12.3. The number of aryl methyl sites for hydroxylation is 1. The van der Waals surface area contributed by atoms with Gasteiger partial charge in [-0.2, -0.15) is 0 Å². The maximum absolute atomic E-state index is 13.7. The van der Waals surface area contributed by atoms with E-state index in [-0.39, 0.29) is 17.8 Å². The van der Waals surface area contributed by atoms with Crippen molar-refractivity contribution in [3.63, 3.8) is 0 Å². The molecule has 124 valence electrons. The van der Waals surface area contributed by atoms with Crippen LogP contribution in [0.4, 0.5) is 4.39 Å². The van der Waals surface area contributed by atoms with Gasteiger partial charge in [-0.3, -0.25) is 4.79 Å². The summed E-state index contributed by atoms with van der Waals surface area (Å²) in [4.78, 5) is 17.3. The molecule has 1 unspecified atom stereocenters. The second kappa shape index (κ2) is 6.43. The second-order valence-corrected chi connectivity index (χ2v) is 6.00. The largest absolute Gasteiger partial charge is 0.350 e. The van der Waals surface area contributed by atoms with Crippen molar-refractivity contribution in [3.05, 3.63) is 54.0 Å². The van der Waals surface area contributed by atoms with Crippen molar-refractivity contribution in [3.8, 4) is 11.4 Å². The van der Waals surface area contributed by atoms with E-state index in [1.165, 1.54) is 12.1 Å². The number of halogens is 1. The fourth-order valence-corrected chi connectivity index (χ4v) is 2.65. The van der Waals surface area contributed by atoms with E-state index >= 15 is 0 Å². The molecule has 0 aliphatic rings. The predicted octanol–water partition coefficient (Wildman–Crippen LogP) is 3.91. The van der Waals surface area contributed by atoms with Crippen LogP contribution in [-0.2, 0) is 7.05 Å². The molecule has 3 rings (SSSR count). The lowest BCUT2D eigenvalue weighted by Gasteiger charge is -2.14. The lowest BCUT2D eigenvalue weighted by Crippen LogP contribution is -2.32. The number of hydrogen-bond acceptors (Lipinski definition) is 2. The molecule has 2 aromatic heterocycles. The highest BCUT2D eigenvalue weighted by Gasteiger charge is 2.16. The van der Waals surface area contributed by atoms with Crippen LogP contribution in [0.1, 0.15) is 30.6 Å². The van der Waals surface area contributed by atoms with Gasteiger partial charge in [0, 0.05) is 24.7 Å². The Morgan fingerprint density at radius 1 is 1.33 bits per heavy atom. The number of fused-ring (bicyclic) bond motifs is 1. The zero-order valence-electron chi connectivity index (χ0n) is 14.0. The summed E-state index contributed by atoms with van der Waals surface area (Å²) in [6, 6.07) is 9.97. The van der Waals surface area contributed by atoms with E-state index in [1.54, 1.807) is 12.1 Å². The Hall–Kier alpha value is -2.69. The molecule has 0 aliphatic carbocycles. The summed E-state index contributed by atoms with van der Waals surface area (Å²) in [5, 5.41) is 3.47. The maximum Gasteiger partial charge on any atom is 0.252 e. The maximum atomic E-state index is 13.7. The van der Waals surface area contributed by atoms with E-state index in [1.807, 2.05) is 43.8 Å². The van der Waals surface area contributed by atoms with Gasteiger partial charge in [0.2, 0.25) is 0 Å². The minimum Gasteiger partial charge on any atom is -0.350 e. The molecule has 0 saturated carbocycles. The van der Waals surface area contributed by atoms with Gasteiger partial charge in [0.05, 0.1) is 22.5 Å². The number of pyridine rings is 1. The zero-order chi connectivity index (χ0) is 17.3. The highest BCUT2D eigenvalue weighted by atomic mass is 19.1. The number of aromatic nitrogens is 2. The van der Waals surface area contributed by atoms with Crippen LogP contribution in [0.5, 0.6) is 0 Å². The summed E-state index contributed by atoms with van der Waals surface area (Å²) in [7, 11) is 1.92. The number of hydrogen-bond donors (Lipinski definition) is 1. The van der Waals surface area contributed by atoms with Crippen molar-refractivity contribution >= 4 is 16.8 Å². The van der Waals surface area contributed by atoms with Crippen LogP contribution in [0.25, 0.3) is 22.3 Å². The molecule has 4 nitrogen and oxygen atoms in total. The topological polar surface area (TPSA) is 46.9 Å². The summed E-state index contributed by atoms with van der Waals surface area (Å²) in [6.07, 6.45) is 2.75. The number of rotatable bonds is 4. The Morgan fingerprint density at radius 3 is 2.79 bits per heavy atom. The lowest BCUT2D eigenvalue weighted by atomic mass is 10.0. The molecule has 0 saturated heterocycles. The number of benzene rings is 1. The molecule has 1 atom stereocenters. The Kier molecular flexibility index (Phi) is 4.34. The zero-order valence-corrected chi connectivity index (χ0v) is 14.0. The van der Waals surface area contributed by atoms with E-state index in [9.17, 15) is 9.18 Å². The minimum absolute atomic E-state index is 0.0489. The van der Waals surface area contributed by atoms with Gasteiger partial charge >= 0.3 is 0 Å². The van der Waals surface area contributed by atoms with Gasteiger partial charge in [-0.05, 0) is 49.7 Å². The molecular formula is C19H20FN3O. The third-order valence-electron chi connectivity index (χ3n) is 4.21. The molecule has 0 fully saturated rings. The molecule has 5 heteroatoms. The van der Waals surface area contributed by atoms with Crippen molar-refractivity contribution in [1.29, 1.82) is 0 Å². The fraction of sp³-hybridized carbons (Fsp3) is 0.263. The Balaban J connectivity index is 2.19. The highest BCUT2D eigenvalue weighted by molar-refractivity contribution is 6.07. The fourth-order valence-electron chi connectivity index (χ4n) is 2.65. The number of nitrogens with zero attached hydrogens (tertiary/aromatic N) is 2. The van der Waals surface area contributed by atoms with Crippen LogP contribution in [0.15, 0.2) is 42.6 Å². The van der Waals surface area contributed by atoms with E-state index in [2.05, 4.69) is 10.3 Å². The monoisotopic (exact) mass is 325 g/mol. The first-order chi connectivity index (χ1) is 11.5. The smallest absolute Gasteiger partial charge is 0.252 e. The van der Waals surface area contributed by atoms with Gasteiger partial charge in [0.15, 0.2) is 0 Å². The van der Waals surface area contributed by atoms with Gasteiger partial charge in [-0.25, -0.2) is 9.37 Å². The van der Waals surface area contributed by atoms with Crippen LogP contribution in [-0.4, -0.2) is 21.5 Å². The van der Waals surface area contributed by atoms with E-state index in [4.69, 9.17) is 0 Å². The molecule has 3 aromatic rings. The van der Waals surface area contributed by atoms with Crippen LogP contribution in [0.3, 0.4) is 0 Å². The van der Waals surface area contributed by atoms with E-state index < -0.39 is 0 Å². The van der Waals surface area contributed by atoms with Gasteiger partial charge in [-0.1, -0.05) is 6.92 Å². The molecule has 0 aliphatic heterocycles. The summed E-state index contributed by atoms with van der Waals surface area (Å²) < 4.78 is 15.6. The number of carbonyl (C=O) groups excluding carboxylic acids is 1.